The fourth-order valence-corrected chi connectivity index (χ4v) is 3.07. The number of nitrogens with one attached hydrogen (secondary N) is 1. The molecule has 0 aliphatic heterocycles. The van der Waals surface area contributed by atoms with Crippen molar-refractivity contribution in [3.05, 3.63) is 62.6 Å². The first-order valence-corrected chi connectivity index (χ1v) is 9.06. The predicted molar refractivity (Wildman–Crippen MR) is 106 cm³/mol. The van der Waals surface area contributed by atoms with Crippen molar-refractivity contribution in [3.63, 3.8) is 0 Å². The lowest BCUT2D eigenvalue weighted by Gasteiger charge is -2.13. The van der Waals surface area contributed by atoms with Gasteiger partial charge in [-0.25, -0.2) is 0 Å². The van der Waals surface area contributed by atoms with E-state index in [1.54, 1.807) is 16.7 Å². The van der Waals surface area contributed by atoms with Gasteiger partial charge in [0.1, 0.15) is 0 Å². The summed E-state index contributed by atoms with van der Waals surface area (Å²) in [5, 5.41) is 0.526. The third-order valence-electron chi connectivity index (χ3n) is 4.11. The SMILES string of the molecule is CCOc1cc2[nH]c(=S)n(Cc3ccc(C)cc3)c(=O)c2cc1OCC. The zero-order chi connectivity index (χ0) is 18.7. The zero-order valence-electron chi connectivity index (χ0n) is 15.2. The molecule has 6 heteroatoms. The van der Waals surface area contributed by atoms with Crippen LogP contribution in [0.15, 0.2) is 41.2 Å². The lowest BCUT2D eigenvalue weighted by Crippen LogP contribution is -2.23. The second kappa shape index (κ2) is 7.74. The number of benzene rings is 2. The second-order valence-corrected chi connectivity index (χ2v) is 6.40. The number of hydrogen-bond donors (Lipinski definition) is 1. The van der Waals surface area contributed by atoms with Crippen molar-refractivity contribution < 1.29 is 9.47 Å². The molecule has 0 unspecified atom stereocenters. The number of hydrogen-bond acceptors (Lipinski definition) is 4. The van der Waals surface area contributed by atoms with Crippen LogP contribution in [0.1, 0.15) is 25.0 Å². The maximum Gasteiger partial charge on any atom is 0.262 e. The van der Waals surface area contributed by atoms with Gasteiger partial charge in [0, 0.05) is 6.07 Å². The third-order valence-corrected chi connectivity index (χ3v) is 4.43. The minimum atomic E-state index is -0.145. The van der Waals surface area contributed by atoms with E-state index in [1.165, 1.54) is 5.56 Å². The van der Waals surface area contributed by atoms with Crippen molar-refractivity contribution in [3.8, 4) is 11.5 Å². The molecule has 136 valence electrons. The molecule has 0 radical (unpaired) electrons. The summed E-state index contributed by atoms with van der Waals surface area (Å²) in [5.74, 6) is 1.16. The highest BCUT2D eigenvalue weighted by atomic mass is 32.1. The van der Waals surface area contributed by atoms with Gasteiger partial charge >= 0.3 is 0 Å². The molecule has 0 saturated heterocycles. The highest BCUT2D eigenvalue weighted by Gasteiger charge is 2.13. The fraction of sp³-hybridized carbons (Fsp3) is 0.300. The maximum absolute atomic E-state index is 13.0. The van der Waals surface area contributed by atoms with Crippen LogP contribution in [0.4, 0.5) is 0 Å². The Bertz CT molecular complexity index is 1040. The number of aryl methyl sites for hydroxylation is 1. The quantitative estimate of drug-likeness (QED) is 0.660. The van der Waals surface area contributed by atoms with Crippen LogP contribution >= 0.6 is 12.2 Å². The van der Waals surface area contributed by atoms with E-state index in [9.17, 15) is 4.79 Å². The van der Waals surface area contributed by atoms with E-state index in [0.717, 1.165) is 5.56 Å². The summed E-state index contributed by atoms with van der Waals surface area (Å²) in [6, 6.07) is 11.6. The van der Waals surface area contributed by atoms with Gasteiger partial charge in [-0.3, -0.25) is 9.36 Å². The largest absolute Gasteiger partial charge is 0.490 e. The van der Waals surface area contributed by atoms with E-state index in [2.05, 4.69) is 4.98 Å². The van der Waals surface area contributed by atoms with Crippen LogP contribution < -0.4 is 15.0 Å². The van der Waals surface area contributed by atoms with E-state index in [-0.39, 0.29) is 5.56 Å². The maximum atomic E-state index is 13.0. The predicted octanol–water partition coefficient (Wildman–Crippen LogP) is 4.21. The van der Waals surface area contributed by atoms with E-state index in [0.29, 0.717) is 46.9 Å². The average molecular weight is 370 g/mol. The van der Waals surface area contributed by atoms with Crippen LogP contribution in [0, 0.1) is 11.7 Å². The molecule has 1 aromatic heterocycles. The van der Waals surface area contributed by atoms with Crippen LogP contribution in [-0.2, 0) is 6.54 Å². The van der Waals surface area contributed by atoms with Crippen LogP contribution in [0.25, 0.3) is 10.9 Å². The van der Waals surface area contributed by atoms with Crippen molar-refractivity contribution >= 4 is 23.1 Å². The van der Waals surface area contributed by atoms with E-state index < -0.39 is 0 Å². The Kier molecular flexibility index (Phi) is 5.42. The monoisotopic (exact) mass is 370 g/mol. The lowest BCUT2D eigenvalue weighted by molar-refractivity contribution is 0.288. The van der Waals surface area contributed by atoms with Crippen molar-refractivity contribution in [2.75, 3.05) is 13.2 Å². The molecule has 0 amide bonds. The number of aromatic nitrogens is 2. The summed E-state index contributed by atoms with van der Waals surface area (Å²) in [6.45, 7) is 7.25. The molecule has 0 atom stereocenters. The van der Waals surface area contributed by atoms with Gasteiger partial charge in [0.25, 0.3) is 5.56 Å². The van der Waals surface area contributed by atoms with Crippen LogP contribution in [0.2, 0.25) is 0 Å². The topological polar surface area (TPSA) is 56.2 Å². The second-order valence-electron chi connectivity index (χ2n) is 6.02. The highest BCUT2D eigenvalue weighted by Crippen LogP contribution is 2.30. The molecule has 0 bridgehead atoms. The van der Waals surface area contributed by atoms with Crippen molar-refractivity contribution in [1.29, 1.82) is 0 Å². The molecular weight excluding hydrogens is 348 g/mol. The number of ether oxygens (including phenoxy) is 2. The zero-order valence-corrected chi connectivity index (χ0v) is 16.0. The van der Waals surface area contributed by atoms with Gasteiger partial charge in [0.2, 0.25) is 0 Å². The Morgan fingerprint density at radius 3 is 2.27 bits per heavy atom. The normalized spacial score (nSPS) is 10.9. The molecule has 0 saturated carbocycles. The molecule has 0 fully saturated rings. The first-order chi connectivity index (χ1) is 12.5. The van der Waals surface area contributed by atoms with Gasteiger partial charge in [-0.05, 0) is 44.6 Å². The number of rotatable bonds is 6. The molecule has 0 aliphatic rings. The van der Waals surface area contributed by atoms with Gasteiger partial charge in [0.05, 0.1) is 30.7 Å². The van der Waals surface area contributed by atoms with Crippen LogP contribution in [0.3, 0.4) is 0 Å². The summed E-state index contributed by atoms with van der Waals surface area (Å²) in [6.07, 6.45) is 0. The highest BCUT2D eigenvalue weighted by molar-refractivity contribution is 7.71. The summed E-state index contributed by atoms with van der Waals surface area (Å²) >= 11 is 5.42. The lowest BCUT2D eigenvalue weighted by atomic mass is 10.1. The van der Waals surface area contributed by atoms with Crippen molar-refractivity contribution in [2.45, 2.75) is 27.3 Å². The Labute approximate surface area is 157 Å². The Morgan fingerprint density at radius 2 is 1.65 bits per heavy atom. The number of fused-ring (bicyclic) bond motifs is 1. The minimum absolute atomic E-state index is 0.145. The molecule has 0 spiro atoms. The molecule has 3 aromatic rings. The van der Waals surface area contributed by atoms with Gasteiger partial charge < -0.3 is 14.5 Å². The summed E-state index contributed by atoms with van der Waals surface area (Å²) in [5.41, 5.74) is 2.70. The van der Waals surface area contributed by atoms with E-state index in [4.69, 9.17) is 21.7 Å². The van der Waals surface area contributed by atoms with Crippen molar-refractivity contribution in [2.24, 2.45) is 0 Å². The molecule has 5 nitrogen and oxygen atoms in total. The Morgan fingerprint density at radius 1 is 1.04 bits per heavy atom. The molecule has 0 aliphatic carbocycles. The summed E-state index contributed by atoms with van der Waals surface area (Å²) in [4.78, 5) is 16.2. The first kappa shape index (κ1) is 18.2. The Balaban J connectivity index is 2.13. The van der Waals surface area contributed by atoms with Crippen molar-refractivity contribution in [1.82, 2.24) is 9.55 Å². The Hall–Kier alpha value is -2.60. The van der Waals surface area contributed by atoms with E-state index >= 15 is 0 Å². The van der Waals surface area contributed by atoms with Crippen LogP contribution in [-0.4, -0.2) is 22.8 Å². The third kappa shape index (κ3) is 3.65. The molecule has 1 N–H and O–H groups in total. The molecule has 2 aromatic carbocycles. The fourth-order valence-electron chi connectivity index (χ4n) is 2.82. The number of H-pyrrole nitrogens is 1. The van der Waals surface area contributed by atoms with Gasteiger partial charge in [-0.1, -0.05) is 29.8 Å². The average Bonchev–Trinajstić information content (AvgIpc) is 2.62. The molecule has 26 heavy (non-hydrogen) atoms. The first-order valence-electron chi connectivity index (χ1n) is 8.65. The summed E-state index contributed by atoms with van der Waals surface area (Å²) in [7, 11) is 0. The number of aromatic amines is 1. The molecule has 1 heterocycles. The van der Waals surface area contributed by atoms with Gasteiger partial charge in [-0.15, -0.1) is 0 Å². The standard InChI is InChI=1S/C20H22N2O3S/c1-4-24-17-10-15-16(11-18(17)25-5-2)21-20(26)22(19(15)23)12-14-8-6-13(3)7-9-14/h6-11H,4-5,12H2,1-3H3,(H,21,26). The van der Waals surface area contributed by atoms with Gasteiger partial charge in [-0.2, -0.15) is 0 Å². The van der Waals surface area contributed by atoms with Gasteiger partial charge in [0.15, 0.2) is 16.3 Å². The minimum Gasteiger partial charge on any atom is -0.490 e. The smallest absolute Gasteiger partial charge is 0.262 e. The van der Waals surface area contributed by atoms with Crippen LogP contribution in [0.5, 0.6) is 11.5 Å². The van der Waals surface area contributed by atoms with E-state index in [1.807, 2.05) is 45.0 Å². The summed E-state index contributed by atoms with van der Waals surface area (Å²) < 4.78 is 13.2. The molecule has 3 rings (SSSR count). The number of nitrogens with zero attached hydrogens (tertiary/aromatic N) is 1. The molecular formula is C20H22N2O3S.